The number of amides is 2. The monoisotopic (exact) mass is 432 g/mol. The van der Waals surface area contributed by atoms with Gasteiger partial charge in [0.2, 0.25) is 5.91 Å². The molecule has 0 radical (unpaired) electrons. The van der Waals surface area contributed by atoms with E-state index in [1.807, 2.05) is 59.6 Å². The number of para-hydroxylation sites is 1. The van der Waals surface area contributed by atoms with Crippen molar-refractivity contribution in [1.82, 2.24) is 19.7 Å². The van der Waals surface area contributed by atoms with E-state index in [0.29, 0.717) is 45.2 Å². The summed E-state index contributed by atoms with van der Waals surface area (Å²) in [6.45, 7) is 8.84. The van der Waals surface area contributed by atoms with E-state index in [4.69, 9.17) is 0 Å². The highest BCUT2D eigenvalue weighted by Gasteiger charge is 2.25. The average molecular weight is 433 g/mol. The Bertz CT molecular complexity index is 1070. The van der Waals surface area contributed by atoms with Crippen molar-refractivity contribution in [1.29, 1.82) is 0 Å². The van der Waals surface area contributed by atoms with Crippen molar-refractivity contribution in [2.24, 2.45) is 5.92 Å². The van der Waals surface area contributed by atoms with E-state index < -0.39 is 0 Å². The molecule has 4 rings (SSSR count). The number of hydrogen-bond acceptors (Lipinski definition) is 3. The molecule has 1 saturated heterocycles. The molecule has 1 N–H and O–H groups in total. The highest BCUT2D eigenvalue weighted by molar-refractivity contribution is 6.07. The van der Waals surface area contributed by atoms with Gasteiger partial charge in [-0.05, 0) is 17.5 Å². The molecular formula is C26H32N4O2. The number of nitrogens with one attached hydrogen (secondary N) is 1. The van der Waals surface area contributed by atoms with Crippen LogP contribution in [0.5, 0.6) is 0 Å². The van der Waals surface area contributed by atoms with Crippen LogP contribution >= 0.6 is 0 Å². The van der Waals surface area contributed by atoms with Crippen LogP contribution < -0.4 is 5.32 Å². The van der Waals surface area contributed by atoms with Gasteiger partial charge in [-0.25, -0.2) is 0 Å². The lowest BCUT2D eigenvalue weighted by Crippen LogP contribution is -2.51. The maximum Gasteiger partial charge on any atom is 0.256 e. The van der Waals surface area contributed by atoms with Gasteiger partial charge in [0.25, 0.3) is 5.91 Å². The van der Waals surface area contributed by atoms with Crippen molar-refractivity contribution in [3.63, 3.8) is 0 Å². The SMILES string of the molecule is CC(C)Cn1cc(C(=O)N2CCN(CC(=O)NCc3ccccc3)CC2)c2ccccc21. The van der Waals surface area contributed by atoms with Gasteiger partial charge in [0, 0.05) is 56.4 Å². The van der Waals surface area contributed by atoms with Crippen LogP contribution in [0.15, 0.2) is 60.8 Å². The molecule has 0 unspecified atom stereocenters. The van der Waals surface area contributed by atoms with Gasteiger partial charge in [-0.1, -0.05) is 62.4 Å². The van der Waals surface area contributed by atoms with Gasteiger partial charge >= 0.3 is 0 Å². The molecule has 2 heterocycles. The first-order valence-corrected chi connectivity index (χ1v) is 11.4. The third kappa shape index (κ3) is 5.19. The molecule has 2 amide bonds. The average Bonchev–Trinajstić information content (AvgIpc) is 3.16. The van der Waals surface area contributed by atoms with E-state index >= 15 is 0 Å². The Balaban J connectivity index is 1.33. The largest absolute Gasteiger partial charge is 0.351 e. The highest BCUT2D eigenvalue weighted by atomic mass is 16.2. The molecule has 2 aromatic carbocycles. The minimum absolute atomic E-state index is 0.0189. The van der Waals surface area contributed by atoms with Gasteiger partial charge in [0.15, 0.2) is 0 Å². The van der Waals surface area contributed by atoms with Gasteiger partial charge in [-0.2, -0.15) is 0 Å². The first kappa shape index (κ1) is 22.1. The Morgan fingerprint density at radius 2 is 1.62 bits per heavy atom. The van der Waals surface area contributed by atoms with Gasteiger partial charge in [0.1, 0.15) is 0 Å². The van der Waals surface area contributed by atoms with Crippen molar-refractivity contribution in [3.8, 4) is 0 Å². The minimum atomic E-state index is 0.0189. The van der Waals surface area contributed by atoms with Crippen molar-refractivity contribution in [2.45, 2.75) is 26.9 Å². The summed E-state index contributed by atoms with van der Waals surface area (Å²) in [5.41, 5.74) is 2.97. The number of nitrogens with zero attached hydrogens (tertiary/aromatic N) is 3. The van der Waals surface area contributed by atoms with E-state index in [1.165, 1.54) is 0 Å². The molecule has 1 aromatic heterocycles. The number of carbonyl (C=O) groups excluding carboxylic acids is 2. The molecule has 6 nitrogen and oxygen atoms in total. The minimum Gasteiger partial charge on any atom is -0.351 e. The van der Waals surface area contributed by atoms with Crippen molar-refractivity contribution >= 4 is 22.7 Å². The van der Waals surface area contributed by atoms with E-state index in [0.717, 1.165) is 28.6 Å². The number of fused-ring (bicyclic) bond motifs is 1. The fourth-order valence-corrected chi connectivity index (χ4v) is 4.30. The van der Waals surface area contributed by atoms with E-state index in [9.17, 15) is 9.59 Å². The van der Waals surface area contributed by atoms with Crippen LogP contribution in [-0.2, 0) is 17.9 Å². The molecule has 0 saturated carbocycles. The normalized spacial score (nSPS) is 14.8. The summed E-state index contributed by atoms with van der Waals surface area (Å²) in [7, 11) is 0. The first-order chi connectivity index (χ1) is 15.5. The fraction of sp³-hybridized carbons (Fsp3) is 0.385. The van der Waals surface area contributed by atoms with Crippen molar-refractivity contribution in [3.05, 3.63) is 71.9 Å². The Hall–Kier alpha value is -3.12. The number of piperazine rings is 1. The standard InChI is InChI=1S/C26H32N4O2/c1-20(2)17-30-18-23(22-10-6-7-11-24(22)30)26(32)29-14-12-28(13-15-29)19-25(31)27-16-21-8-4-3-5-9-21/h3-11,18,20H,12-17,19H2,1-2H3,(H,27,31). The lowest BCUT2D eigenvalue weighted by molar-refractivity contribution is -0.122. The zero-order valence-electron chi connectivity index (χ0n) is 19.0. The third-order valence-corrected chi connectivity index (χ3v) is 5.94. The Kier molecular flexibility index (Phi) is 6.90. The summed E-state index contributed by atoms with van der Waals surface area (Å²) in [4.78, 5) is 29.7. The topological polar surface area (TPSA) is 57.6 Å². The Morgan fingerprint density at radius 3 is 2.34 bits per heavy atom. The summed E-state index contributed by atoms with van der Waals surface area (Å²) >= 11 is 0. The van der Waals surface area contributed by atoms with E-state index in [1.54, 1.807) is 0 Å². The molecule has 1 aliphatic rings. The Morgan fingerprint density at radius 1 is 0.938 bits per heavy atom. The summed E-state index contributed by atoms with van der Waals surface area (Å²) in [6.07, 6.45) is 2.01. The second kappa shape index (κ2) is 10.0. The molecule has 0 spiro atoms. The molecule has 0 bridgehead atoms. The van der Waals surface area contributed by atoms with Crippen molar-refractivity contribution < 1.29 is 9.59 Å². The molecule has 6 heteroatoms. The van der Waals surface area contributed by atoms with Crippen LogP contribution in [-0.4, -0.2) is 58.9 Å². The van der Waals surface area contributed by atoms with Crippen molar-refractivity contribution in [2.75, 3.05) is 32.7 Å². The van der Waals surface area contributed by atoms with Gasteiger partial charge < -0.3 is 14.8 Å². The van der Waals surface area contributed by atoms with Gasteiger partial charge in [0.05, 0.1) is 12.1 Å². The Labute approximate surface area is 189 Å². The highest BCUT2D eigenvalue weighted by Crippen LogP contribution is 2.24. The molecule has 168 valence electrons. The lowest BCUT2D eigenvalue weighted by atomic mass is 10.1. The van der Waals surface area contributed by atoms with Crippen LogP contribution in [0, 0.1) is 5.92 Å². The van der Waals surface area contributed by atoms with Gasteiger partial charge in [-0.15, -0.1) is 0 Å². The molecule has 1 aliphatic heterocycles. The predicted octanol–water partition coefficient (Wildman–Crippen LogP) is 3.37. The quantitative estimate of drug-likeness (QED) is 0.623. The fourth-order valence-electron chi connectivity index (χ4n) is 4.30. The number of rotatable bonds is 7. The maximum absolute atomic E-state index is 13.3. The summed E-state index contributed by atoms with van der Waals surface area (Å²) in [5.74, 6) is 0.604. The summed E-state index contributed by atoms with van der Waals surface area (Å²) < 4.78 is 2.19. The summed E-state index contributed by atoms with van der Waals surface area (Å²) in [6, 6.07) is 18.0. The molecule has 3 aromatic rings. The number of hydrogen-bond donors (Lipinski definition) is 1. The van der Waals surface area contributed by atoms with E-state index in [-0.39, 0.29) is 11.8 Å². The lowest BCUT2D eigenvalue weighted by Gasteiger charge is -2.34. The van der Waals surface area contributed by atoms with Gasteiger partial charge in [-0.3, -0.25) is 14.5 Å². The second-order valence-electron chi connectivity index (χ2n) is 8.94. The molecule has 0 atom stereocenters. The number of benzene rings is 2. The van der Waals surface area contributed by atoms with Crippen LogP contribution in [0.25, 0.3) is 10.9 Å². The molecule has 1 fully saturated rings. The molecule has 32 heavy (non-hydrogen) atoms. The smallest absolute Gasteiger partial charge is 0.256 e. The van der Waals surface area contributed by atoms with Crippen LogP contribution in [0.4, 0.5) is 0 Å². The summed E-state index contributed by atoms with van der Waals surface area (Å²) in [5, 5.41) is 4.00. The zero-order chi connectivity index (χ0) is 22.5. The van der Waals surface area contributed by atoms with Crippen LogP contribution in [0.2, 0.25) is 0 Å². The molecular weight excluding hydrogens is 400 g/mol. The number of aromatic nitrogens is 1. The van der Waals surface area contributed by atoms with E-state index in [2.05, 4.69) is 34.7 Å². The zero-order valence-corrected chi connectivity index (χ0v) is 19.0. The first-order valence-electron chi connectivity index (χ1n) is 11.4. The van der Waals surface area contributed by atoms with Crippen LogP contribution in [0.3, 0.4) is 0 Å². The number of carbonyl (C=O) groups is 2. The predicted molar refractivity (Wildman–Crippen MR) is 127 cm³/mol. The molecule has 0 aliphatic carbocycles. The second-order valence-corrected chi connectivity index (χ2v) is 8.94. The van der Waals surface area contributed by atoms with Crippen LogP contribution in [0.1, 0.15) is 29.8 Å². The third-order valence-electron chi connectivity index (χ3n) is 5.94. The maximum atomic E-state index is 13.3.